The fourth-order valence-electron chi connectivity index (χ4n) is 3.03. The highest BCUT2D eigenvalue weighted by molar-refractivity contribution is 7.99. The lowest BCUT2D eigenvalue weighted by molar-refractivity contribution is -0.132. The van der Waals surface area contributed by atoms with Crippen LogP contribution in [0, 0.1) is 0 Å². The molecule has 10 heteroatoms. The summed E-state index contributed by atoms with van der Waals surface area (Å²) in [4.78, 5) is 28.2. The van der Waals surface area contributed by atoms with Crippen LogP contribution in [0.3, 0.4) is 0 Å². The Balaban J connectivity index is 1.65. The number of thioether (sulfide) groups is 1. The predicted octanol–water partition coefficient (Wildman–Crippen LogP) is 3.24. The Morgan fingerprint density at radius 2 is 1.88 bits per heavy atom. The van der Waals surface area contributed by atoms with E-state index in [0.29, 0.717) is 17.1 Å². The molecule has 0 saturated heterocycles. The van der Waals surface area contributed by atoms with Gasteiger partial charge < -0.3 is 18.8 Å². The van der Waals surface area contributed by atoms with Crippen LogP contribution >= 0.6 is 11.8 Å². The number of amides is 1. The number of para-hydroxylation sites is 2. The van der Waals surface area contributed by atoms with E-state index in [-0.39, 0.29) is 17.4 Å². The van der Waals surface area contributed by atoms with Gasteiger partial charge in [-0.15, -0.1) is 0 Å². The summed E-state index contributed by atoms with van der Waals surface area (Å²) >= 11 is 1.35. The molecule has 3 rings (SSSR count). The van der Waals surface area contributed by atoms with Gasteiger partial charge in [0.25, 0.3) is 5.91 Å². The Bertz CT molecular complexity index is 1130. The van der Waals surface area contributed by atoms with Crippen molar-refractivity contribution in [3.63, 3.8) is 0 Å². The lowest BCUT2D eigenvalue weighted by atomic mass is 10.2. The van der Waals surface area contributed by atoms with E-state index < -0.39 is 5.97 Å². The molecule has 168 valence electrons. The van der Waals surface area contributed by atoms with Crippen LogP contribution in [0.2, 0.25) is 0 Å². The monoisotopic (exact) mass is 456 g/mol. The molecule has 3 aromatic rings. The number of fused-ring (bicyclic) bond motifs is 1. The van der Waals surface area contributed by atoms with Gasteiger partial charge in [0.05, 0.1) is 37.2 Å². The van der Waals surface area contributed by atoms with Gasteiger partial charge >= 0.3 is 5.97 Å². The number of nitrogens with zero attached hydrogens (tertiary/aromatic N) is 3. The van der Waals surface area contributed by atoms with E-state index in [1.165, 1.54) is 39.1 Å². The number of carbonyl (C=O) groups is 2. The van der Waals surface area contributed by atoms with E-state index in [4.69, 9.17) is 14.2 Å². The Labute approximate surface area is 189 Å². The molecule has 1 aromatic heterocycles. The van der Waals surface area contributed by atoms with E-state index >= 15 is 0 Å². The van der Waals surface area contributed by atoms with E-state index in [1.54, 1.807) is 12.1 Å². The molecule has 0 aliphatic heterocycles. The van der Waals surface area contributed by atoms with Crippen molar-refractivity contribution in [3.05, 3.63) is 42.0 Å². The molecule has 0 radical (unpaired) electrons. The third-order valence-corrected chi connectivity index (χ3v) is 5.38. The summed E-state index contributed by atoms with van der Waals surface area (Å²) in [5.41, 5.74) is 5.03. The predicted molar refractivity (Wildman–Crippen MR) is 123 cm³/mol. The molecule has 0 saturated carbocycles. The zero-order valence-corrected chi connectivity index (χ0v) is 19.1. The maximum absolute atomic E-state index is 12.3. The van der Waals surface area contributed by atoms with Crippen LogP contribution in [-0.2, 0) is 16.1 Å². The van der Waals surface area contributed by atoms with Crippen LogP contribution in [-0.4, -0.2) is 47.6 Å². The second-order valence-electron chi connectivity index (χ2n) is 6.56. The molecule has 0 aliphatic rings. The molecule has 9 nitrogen and oxygen atoms in total. The van der Waals surface area contributed by atoms with Crippen LogP contribution in [0.15, 0.2) is 46.7 Å². The normalized spacial score (nSPS) is 11.0. The van der Waals surface area contributed by atoms with Crippen molar-refractivity contribution in [2.45, 2.75) is 25.5 Å². The van der Waals surface area contributed by atoms with E-state index in [1.807, 2.05) is 31.2 Å². The molecule has 0 atom stereocenters. The van der Waals surface area contributed by atoms with Crippen molar-refractivity contribution >= 4 is 40.9 Å². The Morgan fingerprint density at radius 3 is 2.50 bits per heavy atom. The highest BCUT2D eigenvalue weighted by Crippen LogP contribution is 2.38. The van der Waals surface area contributed by atoms with Crippen molar-refractivity contribution in [1.29, 1.82) is 0 Å². The van der Waals surface area contributed by atoms with Crippen LogP contribution < -0.4 is 19.6 Å². The van der Waals surface area contributed by atoms with Gasteiger partial charge in [0.2, 0.25) is 5.75 Å². The van der Waals surface area contributed by atoms with Gasteiger partial charge in [-0.05, 0) is 31.2 Å². The lowest BCUT2D eigenvalue weighted by Gasteiger charge is -2.13. The Hall–Kier alpha value is -3.53. The minimum absolute atomic E-state index is 0.165. The molecule has 2 aromatic carbocycles. The first kappa shape index (κ1) is 23.1. The molecular formula is C22H24N4O5S. The maximum atomic E-state index is 12.3. The van der Waals surface area contributed by atoms with Crippen molar-refractivity contribution in [1.82, 2.24) is 15.0 Å². The second-order valence-corrected chi connectivity index (χ2v) is 7.50. The smallest absolute Gasteiger partial charge is 0.308 e. The second kappa shape index (κ2) is 10.7. The average molecular weight is 457 g/mol. The molecule has 0 fully saturated rings. The largest absolute Gasteiger partial charge is 0.493 e. The number of methoxy groups -OCH3 is 2. The number of hydrazone groups is 1. The summed E-state index contributed by atoms with van der Waals surface area (Å²) in [5.74, 6) is 0.195. The molecule has 1 amide bonds. The SMILES string of the molecule is CCn1c(SCC(=O)N/N=C\c2cc(OC)c(OC(C)=O)c(OC)c2)nc2ccccc21. The van der Waals surface area contributed by atoms with Crippen molar-refractivity contribution in [3.8, 4) is 17.2 Å². The number of nitrogens with one attached hydrogen (secondary N) is 1. The topological polar surface area (TPSA) is 104 Å². The van der Waals surface area contributed by atoms with Gasteiger partial charge in [-0.1, -0.05) is 23.9 Å². The highest BCUT2D eigenvalue weighted by atomic mass is 32.2. The van der Waals surface area contributed by atoms with E-state index in [2.05, 4.69) is 20.1 Å². The standard InChI is InChI=1S/C22H24N4O5S/c1-5-26-17-9-7-6-8-16(17)24-22(26)32-13-20(28)25-23-12-15-10-18(29-3)21(31-14(2)27)19(11-15)30-4/h6-12H,5,13H2,1-4H3,(H,25,28)/b23-12-. The number of aromatic nitrogens is 2. The molecular weight excluding hydrogens is 432 g/mol. The number of imidazole rings is 1. The summed E-state index contributed by atoms with van der Waals surface area (Å²) in [6.07, 6.45) is 1.45. The maximum Gasteiger partial charge on any atom is 0.308 e. The first-order chi connectivity index (χ1) is 15.5. The third kappa shape index (κ3) is 5.38. The van der Waals surface area contributed by atoms with Gasteiger partial charge in [-0.2, -0.15) is 5.10 Å². The molecule has 0 aliphatic carbocycles. The summed E-state index contributed by atoms with van der Waals surface area (Å²) < 4.78 is 17.8. The van der Waals surface area contributed by atoms with Gasteiger partial charge in [0.1, 0.15) is 0 Å². The molecule has 32 heavy (non-hydrogen) atoms. The first-order valence-corrected chi connectivity index (χ1v) is 10.8. The molecule has 1 heterocycles. The zero-order chi connectivity index (χ0) is 23.1. The highest BCUT2D eigenvalue weighted by Gasteiger charge is 2.16. The average Bonchev–Trinajstić information content (AvgIpc) is 3.15. The molecule has 0 spiro atoms. The van der Waals surface area contributed by atoms with Crippen molar-refractivity contribution in [2.75, 3.05) is 20.0 Å². The number of esters is 1. The summed E-state index contributed by atoms with van der Waals surface area (Å²) in [5, 5.41) is 4.78. The molecule has 0 bridgehead atoms. The van der Waals surface area contributed by atoms with E-state index in [9.17, 15) is 9.59 Å². The summed E-state index contributed by atoms with van der Waals surface area (Å²) in [7, 11) is 2.90. The van der Waals surface area contributed by atoms with Crippen LogP contribution in [0.5, 0.6) is 17.2 Å². The number of rotatable bonds is 9. The fourth-order valence-corrected chi connectivity index (χ4v) is 3.90. The quantitative estimate of drug-likeness (QED) is 0.173. The minimum Gasteiger partial charge on any atom is -0.493 e. The van der Waals surface area contributed by atoms with Crippen LogP contribution in [0.1, 0.15) is 19.4 Å². The van der Waals surface area contributed by atoms with E-state index in [0.717, 1.165) is 22.7 Å². The number of hydrogen-bond donors (Lipinski definition) is 1. The van der Waals surface area contributed by atoms with Crippen LogP contribution in [0.25, 0.3) is 11.0 Å². The third-order valence-electron chi connectivity index (χ3n) is 4.40. The lowest BCUT2D eigenvalue weighted by Crippen LogP contribution is -2.20. The van der Waals surface area contributed by atoms with Gasteiger partial charge in [0, 0.05) is 19.0 Å². The van der Waals surface area contributed by atoms with Crippen LogP contribution in [0.4, 0.5) is 0 Å². The van der Waals surface area contributed by atoms with Gasteiger partial charge in [-0.25, -0.2) is 10.4 Å². The number of benzene rings is 2. The van der Waals surface area contributed by atoms with Gasteiger partial charge in [0.15, 0.2) is 16.7 Å². The van der Waals surface area contributed by atoms with Gasteiger partial charge in [-0.3, -0.25) is 9.59 Å². The number of aryl methyl sites for hydroxylation is 1. The first-order valence-electron chi connectivity index (χ1n) is 9.81. The van der Waals surface area contributed by atoms with Crippen molar-refractivity contribution in [2.24, 2.45) is 5.10 Å². The molecule has 0 unspecified atom stereocenters. The Kier molecular flexibility index (Phi) is 7.72. The minimum atomic E-state index is -0.496. The van der Waals surface area contributed by atoms with Crippen molar-refractivity contribution < 1.29 is 23.8 Å². The fraction of sp³-hybridized carbons (Fsp3) is 0.273. The number of hydrogen-bond acceptors (Lipinski definition) is 8. The zero-order valence-electron chi connectivity index (χ0n) is 18.2. The number of ether oxygens (including phenoxy) is 3. The molecule has 1 N–H and O–H groups in total. The summed E-state index contributed by atoms with van der Waals surface area (Å²) in [6, 6.07) is 11.1. The summed E-state index contributed by atoms with van der Waals surface area (Å²) in [6.45, 7) is 4.09. The number of carbonyl (C=O) groups excluding carboxylic acids is 2. The Morgan fingerprint density at radius 1 is 1.19 bits per heavy atom.